The van der Waals surface area contributed by atoms with Gasteiger partial charge in [0.15, 0.2) is 0 Å². The smallest absolute Gasteiger partial charge is 0.0540 e. The van der Waals surface area contributed by atoms with Crippen LogP contribution in [0.15, 0.2) is 54.6 Å². The summed E-state index contributed by atoms with van der Waals surface area (Å²) < 4.78 is 0. The van der Waals surface area contributed by atoms with Gasteiger partial charge in [0.2, 0.25) is 0 Å². The maximum Gasteiger partial charge on any atom is 0.0540 e. The lowest BCUT2D eigenvalue weighted by Gasteiger charge is -1.92. The molecule has 0 unspecified atom stereocenters. The zero-order valence-corrected chi connectivity index (χ0v) is 10.6. The third kappa shape index (κ3) is 4.36. The lowest BCUT2D eigenvalue weighted by molar-refractivity contribution is 0.305. The fourth-order valence-corrected chi connectivity index (χ4v) is 1.52. The number of hydrogen-bond acceptors (Lipinski definition) is 1. The van der Waals surface area contributed by atoms with Crippen molar-refractivity contribution >= 4 is 0 Å². The molecule has 0 heterocycles. The minimum absolute atomic E-state index is 0.105. The minimum Gasteiger partial charge on any atom is -0.395 e. The predicted molar refractivity (Wildman–Crippen MR) is 77.4 cm³/mol. The van der Waals surface area contributed by atoms with E-state index in [9.17, 15) is 0 Å². The molecule has 0 bridgehead atoms. The Morgan fingerprint density at radius 1 is 0.684 bits per heavy atom. The molecule has 1 nitrogen and oxygen atoms in total. The monoisotopic (exact) mass is 246 g/mol. The van der Waals surface area contributed by atoms with Gasteiger partial charge in [0.25, 0.3) is 0 Å². The highest BCUT2D eigenvalue weighted by molar-refractivity contribution is 5.45. The van der Waals surface area contributed by atoms with Gasteiger partial charge in [-0.1, -0.05) is 41.9 Å². The quantitative estimate of drug-likeness (QED) is 0.767. The topological polar surface area (TPSA) is 20.2 Å². The standard InChI is InChI=1S/C18H14O/c19-15-5-4-8-17-10-13-18(14-11-17)12-9-16-6-2-1-3-7-16/h1-3,6-7,10-11,13-14,19H,5,15H2. The Balaban J connectivity index is 2.08. The molecule has 19 heavy (non-hydrogen) atoms. The van der Waals surface area contributed by atoms with E-state index in [1.807, 2.05) is 54.6 Å². The largest absolute Gasteiger partial charge is 0.395 e. The average Bonchev–Trinajstić information content (AvgIpc) is 2.48. The van der Waals surface area contributed by atoms with E-state index in [-0.39, 0.29) is 6.61 Å². The number of aliphatic hydroxyl groups is 1. The molecule has 2 aromatic rings. The van der Waals surface area contributed by atoms with Crippen LogP contribution >= 0.6 is 0 Å². The average molecular weight is 246 g/mol. The maximum atomic E-state index is 8.65. The van der Waals surface area contributed by atoms with E-state index in [2.05, 4.69) is 23.7 Å². The van der Waals surface area contributed by atoms with Crippen LogP contribution in [0.25, 0.3) is 0 Å². The van der Waals surface area contributed by atoms with Crippen LogP contribution in [-0.4, -0.2) is 11.7 Å². The van der Waals surface area contributed by atoms with Gasteiger partial charge in [-0.2, -0.15) is 0 Å². The molecule has 1 N–H and O–H groups in total. The Morgan fingerprint density at radius 3 is 1.79 bits per heavy atom. The summed E-state index contributed by atoms with van der Waals surface area (Å²) in [5.41, 5.74) is 2.92. The van der Waals surface area contributed by atoms with E-state index >= 15 is 0 Å². The molecular formula is C18H14O. The maximum absolute atomic E-state index is 8.65. The molecule has 0 aliphatic rings. The molecule has 1 heteroatoms. The van der Waals surface area contributed by atoms with Crippen molar-refractivity contribution in [2.24, 2.45) is 0 Å². The second kappa shape index (κ2) is 7.07. The molecule has 0 spiro atoms. The van der Waals surface area contributed by atoms with Crippen LogP contribution in [0.4, 0.5) is 0 Å². The molecule has 0 saturated heterocycles. The summed E-state index contributed by atoms with van der Waals surface area (Å²) in [7, 11) is 0. The second-order valence-corrected chi connectivity index (χ2v) is 3.97. The van der Waals surface area contributed by atoms with Crippen LogP contribution in [0.2, 0.25) is 0 Å². The van der Waals surface area contributed by atoms with Gasteiger partial charge in [-0.15, -0.1) is 0 Å². The summed E-state index contributed by atoms with van der Waals surface area (Å²) in [5, 5.41) is 8.65. The van der Waals surface area contributed by atoms with Gasteiger partial charge in [-0.25, -0.2) is 0 Å². The minimum atomic E-state index is 0.105. The molecule has 0 aromatic heterocycles. The van der Waals surface area contributed by atoms with E-state index in [4.69, 9.17) is 5.11 Å². The highest BCUT2D eigenvalue weighted by Gasteiger charge is 1.88. The van der Waals surface area contributed by atoms with Crippen LogP contribution in [0.3, 0.4) is 0 Å². The fraction of sp³-hybridized carbons (Fsp3) is 0.111. The Hall–Kier alpha value is -2.48. The summed E-state index contributed by atoms with van der Waals surface area (Å²) in [4.78, 5) is 0. The highest BCUT2D eigenvalue weighted by atomic mass is 16.2. The Morgan fingerprint density at radius 2 is 1.21 bits per heavy atom. The third-order valence-electron chi connectivity index (χ3n) is 2.48. The number of aliphatic hydroxyl groups excluding tert-OH is 1. The first-order valence-corrected chi connectivity index (χ1v) is 6.15. The summed E-state index contributed by atoms with van der Waals surface area (Å²) in [6.45, 7) is 0.105. The van der Waals surface area contributed by atoms with Gasteiger partial charge in [-0.05, 0) is 36.4 Å². The van der Waals surface area contributed by atoms with E-state index in [0.717, 1.165) is 16.7 Å². The lowest BCUT2D eigenvalue weighted by Crippen LogP contribution is -1.79. The SMILES string of the molecule is OCCC#Cc1ccc(C#Cc2ccccc2)cc1. The first-order chi connectivity index (χ1) is 9.38. The molecule has 2 aromatic carbocycles. The van der Waals surface area contributed by atoms with Crippen LogP contribution in [0, 0.1) is 23.7 Å². The van der Waals surface area contributed by atoms with Crippen molar-refractivity contribution in [3.05, 3.63) is 71.3 Å². The Bertz CT molecular complexity index is 631. The van der Waals surface area contributed by atoms with Crippen LogP contribution in [-0.2, 0) is 0 Å². The first kappa shape index (κ1) is 13.0. The van der Waals surface area contributed by atoms with Gasteiger partial charge in [0, 0.05) is 23.1 Å². The fourth-order valence-electron chi connectivity index (χ4n) is 1.52. The molecule has 0 saturated carbocycles. The van der Waals surface area contributed by atoms with E-state index in [1.54, 1.807) is 0 Å². The summed E-state index contributed by atoms with van der Waals surface area (Å²) in [6.07, 6.45) is 0.509. The zero-order valence-electron chi connectivity index (χ0n) is 10.6. The van der Waals surface area contributed by atoms with Gasteiger partial charge in [0.05, 0.1) is 6.61 Å². The van der Waals surface area contributed by atoms with Crippen molar-refractivity contribution in [1.29, 1.82) is 0 Å². The zero-order chi connectivity index (χ0) is 13.3. The van der Waals surface area contributed by atoms with Crippen LogP contribution in [0.5, 0.6) is 0 Å². The van der Waals surface area contributed by atoms with Crippen molar-refractivity contribution in [2.45, 2.75) is 6.42 Å². The highest BCUT2D eigenvalue weighted by Crippen LogP contribution is 2.03. The normalized spacial score (nSPS) is 8.89. The van der Waals surface area contributed by atoms with Crippen LogP contribution in [0.1, 0.15) is 23.1 Å². The van der Waals surface area contributed by atoms with Crippen molar-refractivity contribution in [3.63, 3.8) is 0 Å². The Labute approximate surface area is 113 Å². The molecular weight excluding hydrogens is 232 g/mol. The number of rotatable bonds is 1. The lowest BCUT2D eigenvalue weighted by atomic mass is 10.1. The summed E-state index contributed by atoms with van der Waals surface area (Å²) in [5.74, 6) is 12.1. The molecule has 0 aliphatic heterocycles. The van der Waals surface area contributed by atoms with Gasteiger partial charge >= 0.3 is 0 Å². The number of hydrogen-bond donors (Lipinski definition) is 1. The van der Waals surface area contributed by atoms with Crippen molar-refractivity contribution in [2.75, 3.05) is 6.61 Å². The van der Waals surface area contributed by atoms with Crippen molar-refractivity contribution in [1.82, 2.24) is 0 Å². The van der Waals surface area contributed by atoms with Gasteiger partial charge in [-0.3, -0.25) is 0 Å². The summed E-state index contributed by atoms with van der Waals surface area (Å²) >= 11 is 0. The van der Waals surface area contributed by atoms with Crippen LogP contribution < -0.4 is 0 Å². The van der Waals surface area contributed by atoms with Gasteiger partial charge < -0.3 is 5.11 Å². The molecule has 0 aliphatic carbocycles. The molecule has 0 amide bonds. The molecule has 0 fully saturated rings. The summed E-state index contributed by atoms with van der Waals surface area (Å²) in [6, 6.07) is 17.7. The Kier molecular flexibility index (Phi) is 4.82. The third-order valence-corrected chi connectivity index (χ3v) is 2.48. The molecule has 0 radical (unpaired) electrons. The second-order valence-electron chi connectivity index (χ2n) is 3.97. The first-order valence-electron chi connectivity index (χ1n) is 6.15. The van der Waals surface area contributed by atoms with Crippen molar-refractivity contribution < 1.29 is 5.11 Å². The molecule has 92 valence electrons. The van der Waals surface area contributed by atoms with E-state index in [0.29, 0.717) is 6.42 Å². The molecule has 0 atom stereocenters. The predicted octanol–water partition coefficient (Wildman–Crippen LogP) is 2.82. The van der Waals surface area contributed by atoms with Crippen molar-refractivity contribution in [3.8, 4) is 23.7 Å². The van der Waals surface area contributed by atoms with E-state index < -0.39 is 0 Å². The van der Waals surface area contributed by atoms with Gasteiger partial charge in [0.1, 0.15) is 0 Å². The molecule has 2 rings (SSSR count). The van der Waals surface area contributed by atoms with E-state index in [1.165, 1.54) is 0 Å². The number of benzene rings is 2.